The van der Waals surface area contributed by atoms with Gasteiger partial charge in [-0.05, 0) is 55.3 Å². The Morgan fingerprint density at radius 3 is 2.83 bits per heavy atom. The first-order valence-electron chi connectivity index (χ1n) is 7.19. The van der Waals surface area contributed by atoms with Crippen LogP contribution in [-0.2, 0) is 0 Å². The Labute approximate surface area is 110 Å². The van der Waals surface area contributed by atoms with E-state index in [1.165, 1.54) is 25.3 Å². The van der Waals surface area contributed by atoms with Gasteiger partial charge in [0.1, 0.15) is 5.82 Å². The summed E-state index contributed by atoms with van der Waals surface area (Å²) in [7, 11) is 0. The van der Waals surface area contributed by atoms with Crippen LogP contribution in [-0.4, -0.2) is 6.54 Å². The van der Waals surface area contributed by atoms with Crippen molar-refractivity contribution in [2.45, 2.75) is 45.6 Å². The van der Waals surface area contributed by atoms with Gasteiger partial charge < -0.3 is 5.32 Å². The first-order chi connectivity index (χ1) is 8.70. The Kier molecular flexibility index (Phi) is 4.76. The van der Waals surface area contributed by atoms with Crippen molar-refractivity contribution in [3.8, 4) is 0 Å². The summed E-state index contributed by atoms with van der Waals surface area (Å²) in [4.78, 5) is 0. The average molecular weight is 249 g/mol. The zero-order chi connectivity index (χ0) is 13.0. The first kappa shape index (κ1) is 13.5. The normalized spacial score (nSPS) is 25.3. The molecule has 18 heavy (non-hydrogen) atoms. The summed E-state index contributed by atoms with van der Waals surface area (Å²) in [5, 5.41) is 3.61. The summed E-state index contributed by atoms with van der Waals surface area (Å²) in [6.45, 7) is 5.50. The van der Waals surface area contributed by atoms with E-state index in [-0.39, 0.29) is 5.82 Å². The van der Waals surface area contributed by atoms with Gasteiger partial charge in [0.25, 0.3) is 0 Å². The van der Waals surface area contributed by atoms with Crippen molar-refractivity contribution in [3.63, 3.8) is 0 Å². The Hall–Kier alpha value is -0.890. The molecular formula is C16H24FN. The van der Waals surface area contributed by atoms with Crippen LogP contribution in [0.3, 0.4) is 0 Å². The predicted molar refractivity (Wildman–Crippen MR) is 73.9 cm³/mol. The molecule has 3 unspecified atom stereocenters. The van der Waals surface area contributed by atoms with Gasteiger partial charge in [-0.1, -0.05) is 32.4 Å². The third kappa shape index (κ3) is 3.32. The summed E-state index contributed by atoms with van der Waals surface area (Å²) in [5.41, 5.74) is 1.11. The molecule has 1 fully saturated rings. The molecule has 0 bridgehead atoms. The molecule has 0 radical (unpaired) electrons. The molecule has 1 nitrogen and oxygen atoms in total. The van der Waals surface area contributed by atoms with Gasteiger partial charge in [-0.3, -0.25) is 0 Å². The fourth-order valence-electron chi connectivity index (χ4n) is 3.11. The second-order valence-electron chi connectivity index (χ2n) is 5.67. The van der Waals surface area contributed by atoms with Crippen molar-refractivity contribution in [1.29, 1.82) is 0 Å². The van der Waals surface area contributed by atoms with Crippen LogP contribution < -0.4 is 5.32 Å². The molecule has 0 heterocycles. The van der Waals surface area contributed by atoms with Crippen LogP contribution in [0.25, 0.3) is 0 Å². The third-order valence-corrected chi connectivity index (χ3v) is 4.03. The van der Waals surface area contributed by atoms with E-state index in [1.807, 2.05) is 6.07 Å². The molecule has 0 aromatic heterocycles. The lowest BCUT2D eigenvalue weighted by Crippen LogP contribution is -2.28. The maximum absolute atomic E-state index is 13.4. The standard InChI is InChI=1S/C16H24FN/c1-3-9-18-16(14-8-7-12(2)10-14)13-5-4-6-15(17)11-13/h4-6,11-12,14,16,18H,3,7-10H2,1-2H3. The monoisotopic (exact) mass is 249 g/mol. The van der Waals surface area contributed by atoms with Crippen LogP contribution in [0.2, 0.25) is 0 Å². The maximum atomic E-state index is 13.4. The van der Waals surface area contributed by atoms with Gasteiger partial charge in [0.05, 0.1) is 0 Å². The lowest BCUT2D eigenvalue weighted by molar-refractivity contribution is 0.358. The van der Waals surface area contributed by atoms with E-state index < -0.39 is 0 Å². The largest absolute Gasteiger partial charge is 0.310 e. The van der Waals surface area contributed by atoms with Gasteiger partial charge in [0, 0.05) is 6.04 Å². The molecule has 1 aliphatic carbocycles. The molecule has 2 heteroatoms. The Morgan fingerprint density at radius 1 is 1.39 bits per heavy atom. The van der Waals surface area contributed by atoms with Crippen LogP contribution >= 0.6 is 0 Å². The molecule has 0 aliphatic heterocycles. The highest BCUT2D eigenvalue weighted by Gasteiger charge is 2.29. The van der Waals surface area contributed by atoms with Crippen molar-refractivity contribution in [2.75, 3.05) is 6.54 Å². The van der Waals surface area contributed by atoms with Crippen molar-refractivity contribution in [1.82, 2.24) is 5.32 Å². The summed E-state index contributed by atoms with van der Waals surface area (Å²) < 4.78 is 13.4. The average Bonchev–Trinajstić information content (AvgIpc) is 2.76. The topological polar surface area (TPSA) is 12.0 Å². The number of rotatable bonds is 5. The molecule has 3 atom stereocenters. The van der Waals surface area contributed by atoms with E-state index in [4.69, 9.17) is 0 Å². The maximum Gasteiger partial charge on any atom is 0.123 e. The highest BCUT2D eigenvalue weighted by molar-refractivity contribution is 5.21. The van der Waals surface area contributed by atoms with Gasteiger partial charge in [-0.2, -0.15) is 0 Å². The Balaban J connectivity index is 2.14. The molecule has 0 spiro atoms. The van der Waals surface area contributed by atoms with E-state index >= 15 is 0 Å². The van der Waals surface area contributed by atoms with Gasteiger partial charge in [-0.15, -0.1) is 0 Å². The zero-order valence-electron chi connectivity index (χ0n) is 11.5. The SMILES string of the molecule is CCCNC(c1cccc(F)c1)C1CCC(C)C1. The van der Waals surface area contributed by atoms with Gasteiger partial charge >= 0.3 is 0 Å². The molecule has 2 rings (SSSR count). The number of hydrogen-bond acceptors (Lipinski definition) is 1. The smallest absolute Gasteiger partial charge is 0.123 e. The highest BCUT2D eigenvalue weighted by Crippen LogP contribution is 2.38. The quantitative estimate of drug-likeness (QED) is 0.820. The number of hydrogen-bond donors (Lipinski definition) is 1. The summed E-state index contributed by atoms with van der Waals surface area (Å²) in [5.74, 6) is 1.35. The van der Waals surface area contributed by atoms with Crippen molar-refractivity contribution < 1.29 is 4.39 Å². The van der Waals surface area contributed by atoms with E-state index in [0.717, 1.165) is 24.4 Å². The Bertz CT molecular complexity index is 377. The lowest BCUT2D eigenvalue weighted by atomic mass is 9.90. The van der Waals surface area contributed by atoms with Crippen molar-refractivity contribution in [3.05, 3.63) is 35.6 Å². The van der Waals surface area contributed by atoms with E-state index in [2.05, 4.69) is 25.2 Å². The Morgan fingerprint density at radius 2 is 2.22 bits per heavy atom. The molecule has 1 aromatic rings. The fraction of sp³-hybridized carbons (Fsp3) is 0.625. The van der Waals surface area contributed by atoms with Crippen LogP contribution in [0.15, 0.2) is 24.3 Å². The first-order valence-corrected chi connectivity index (χ1v) is 7.19. The van der Waals surface area contributed by atoms with Crippen LogP contribution in [0.1, 0.15) is 51.1 Å². The van der Waals surface area contributed by atoms with Crippen molar-refractivity contribution in [2.24, 2.45) is 11.8 Å². The second-order valence-corrected chi connectivity index (χ2v) is 5.67. The summed E-state index contributed by atoms with van der Waals surface area (Å²) >= 11 is 0. The minimum Gasteiger partial charge on any atom is -0.310 e. The third-order valence-electron chi connectivity index (χ3n) is 4.03. The lowest BCUT2D eigenvalue weighted by Gasteiger charge is -2.25. The molecule has 1 N–H and O–H groups in total. The number of benzene rings is 1. The zero-order valence-corrected chi connectivity index (χ0v) is 11.5. The molecular weight excluding hydrogens is 225 g/mol. The van der Waals surface area contributed by atoms with Crippen LogP contribution in [0.4, 0.5) is 4.39 Å². The van der Waals surface area contributed by atoms with E-state index in [9.17, 15) is 4.39 Å². The van der Waals surface area contributed by atoms with Crippen molar-refractivity contribution >= 4 is 0 Å². The predicted octanol–water partition coefficient (Wildman–Crippen LogP) is 4.30. The summed E-state index contributed by atoms with van der Waals surface area (Å²) in [6.07, 6.45) is 4.95. The summed E-state index contributed by atoms with van der Waals surface area (Å²) in [6, 6.07) is 7.42. The minimum atomic E-state index is -0.123. The second kappa shape index (κ2) is 6.33. The van der Waals surface area contributed by atoms with Gasteiger partial charge in [0.15, 0.2) is 0 Å². The van der Waals surface area contributed by atoms with Crippen LogP contribution in [0, 0.1) is 17.7 Å². The number of halogens is 1. The number of nitrogens with one attached hydrogen (secondary N) is 1. The molecule has 0 amide bonds. The van der Waals surface area contributed by atoms with Gasteiger partial charge in [-0.25, -0.2) is 4.39 Å². The van der Waals surface area contributed by atoms with E-state index in [1.54, 1.807) is 6.07 Å². The molecule has 0 saturated heterocycles. The molecule has 100 valence electrons. The van der Waals surface area contributed by atoms with E-state index in [0.29, 0.717) is 12.0 Å². The van der Waals surface area contributed by atoms with Gasteiger partial charge in [0.2, 0.25) is 0 Å². The molecule has 1 saturated carbocycles. The molecule has 1 aromatic carbocycles. The minimum absolute atomic E-state index is 0.123. The molecule has 1 aliphatic rings. The highest BCUT2D eigenvalue weighted by atomic mass is 19.1. The fourth-order valence-corrected chi connectivity index (χ4v) is 3.11. The van der Waals surface area contributed by atoms with Crippen LogP contribution in [0.5, 0.6) is 0 Å².